The van der Waals surface area contributed by atoms with Gasteiger partial charge in [-0.1, -0.05) is 0 Å². The van der Waals surface area contributed by atoms with Gasteiger partial charge in [-0.15, -0.1) is 5.10 Å². The van der Waals surface area contributed by atoms with Crippen LogP contribution in [0.25, 0.3) is 5.65 Å². The van der Waals surface area contributed by atoms with Crippen LogP contribution >= 0.6 is 0 Å². The monoisotopic (exact) mass is 365 g/mol. The Balaban J connectivity index is 1.57. The Labute approximate surface area is 157 Å². The number of nitrogens with zero attached hydrogens (tertiary/aromatic N) is 3. The molecule has 140 valence electrons. The fourth-order valence-corrected chi connectivity index (χ4v) is 3.43. The van der Waals surface area contributed by atoms with Crippen molar-refractivity contribution in [3.8, 4) is 0 Å². The first-order chi connectivity index (χ1) is 13.1. The standard InChI is InChI=1S/C19H23N7O/c20-13-3-7-15(8-4-13)24-17-11-16(19-22-9-10-26(19)25-17)23-14-5-1-12(2-6-14)18(21)27/h1-2,5-6,9-11,13,15,23H,3-4,7-8,20H2,(H2,21,27)(H,24,25). The third kappa shape index (κ3) is 3.85. The van der Waals surface area contributed by atoms with Gasteiger partial charge in [-0.2, -0.15) is 0 Å². The van der Waals surface area contributed by atoms with E-state index in [2.05, 4.69) is 20.7 Å². The number of aromatic nitrogens is 3. The van der Waals surface area contributed by atoms with Crippen LogP contribution in [0.15, 0.2) is 42.7 Å². The van der Waals surface area contributed by atoms with Gasteiger partial charge in [0.25, 0.3) is 0 Å². The van der Waals surface area contributed by atoms with E-state index in [0.717, 1.165) is 48.5 Å². The summed E-state index contributed by atoms with van der Waals surface area (Å²) >= 11 is 0. The number of imidazole rings is 1. The molecule has 1 aliphatic carbocycles. The van der Waals surface area contributed by atoms with Crippen molar-refractivity contribution >= 4 is 28.7 Å². The largest absolute Gasteiger partial charge is 0.366 e. The smallest absolute Gasteiger partial charge is 0.248 e. The van der Waals surface area contributed by atoms with E-state index in [9.17, 15) is 4.79 Å². The summed E-state index contributed by atoms with van der Waals surface area (Å²) in [5, 5.41) is 11.5. The van der Waals surface area contributed by atoms with Crippen LogP contribution in [0.5, 0.6) is 0 Å². The SMILES string of the molecule is NC(=O)c1ccc(Nc2cc(NC3CCC(N)CC3)nn3ccnc23)cc1. The van der Waals surface area contributed by atoms with E-state index >= 15 is 0 Å². The Bertz CT molecular complexity index is 942. The average molecular weight is 365 g/mol. The number of anilines is 3. The highest BCUT2D eigenvalue weighted by molar-refractivity contribution is 5.93. The van der Waals surface area contributed by atoms with E-state index in [1.54, 1.807) is 22.8 Å². The number of hydrogen-bond donors (Lipinski definition) is 4. The van der Waals surface area contributed by atoms with Crippen LogP contribution in [-0.2, 0) is 0 Å². The Kier molecular flexibility index (Phi) is 4.64. The maximum absolute atomic E-state index is 11.2. The number of nitrogens with one attached hydrogen (secondary N) is 2. The number of rotatable bonds is 5. The highest BCUT2D eigenvalue weighted by Crippen LogP contribution is 2.26. The maximum Gasteiger partial charge on any atom is 0.248 e. The minimum atomic E-state index is -0.445. The Morgan fingerprint density at radius 3 is 2.59 bits per heavy atom. The zero-order chi connectivity index (χ0) is 18.8. The van der Waals surface area contributed by atoms with Crippen molar-refractivity contribution < 1.29 is 4.79 Å². The quantitative estimate of drug-likeness (QED) is 0.550. The molecule has 2 heterocycles. The van der Waals surface area contributed by atoms with Gasteiger partial charge >= 0.3 is 0 Å². The molecule has 0 unspecified atom stereocenters. The number of amides is 1. The minimum Gasteiger partial charge on any atom is -0.366 e. The molecule has 0 atom stereocenters. The summed E-state index contributed by atoms with van der Waals surface area (Å²) in [5.41, 5.74) is 14.2. The average Bonchev–Trinajstić information content (AvgIpc) is 3.13. The molecule has 6 N–H and O–H groups in total. The molecule has 4 rings (SSSR count). The van der Waals surface area contributed by atoms with Gasteiger partial charge in [0.15, 0.2) is 5.65 Å². The molecule has 2 aromatic heterocycles. The Hall–Kier alpha value is -3.13. The van der Waals surface area contributed by atoms with E-state index in [-0.39, 0.29) is 0 Å². The summed E-state index contributed by atoms with van der Waals surface area (Å²) in [7, 11) is 0. The van der Waals surface area contributed by atoms with Gasteiger partial charge in [-0.25, -0.2) is 9.50 Å². The fourth-order valence-electron chi connectivity index (χ4n) is 3.43. The molecule has 0 spiro atoms. The van der Waals surface area contributed by atoms with Gasteiger partial charge in [-0.3, -0.25) is 4.79 Å². The highest BCUT2D eigenvalue weighted by Gasteiger charge is 2.19. The van der Waals surface area contributed by atoms with Crippen molar-refractivity contribution in [2.24, 2.45) is 11.5 Å². The summed E-state index contributed by atoms with van der Waals surface area (Å²) < 4.78 is 1.75. The van der Waals surface area contributed by atoms with Gasteiger partial charge in [0.1, 0.15) is 5.82 Å². The van der Waals surface area contributed by atoms with Crippen LogP contribution in [0.2, 0.25) is 0 Å². The van der Waals surface area contributed by atoms with Crippen molar-refractivity contribution in [3.63, 3.8) is 0 Å². The number of hydrogen-bond acceptors (Lipinski definition) is 6. The zero-order valence-corrected chi connectivity index (χ0v) is 14.9. The van der Waals surface area contributed by atoms with E-state index in [1.807, 2.05) is 24.4 Å². The topological polar surface area (TPSA) is 123 Å². The van der Waals surface area contributed by atoms with Gasteiger partial charge < -0.3 is 22.1 Å². The van der Waals surface area contributed by atoms with Gasteiger partial charge in [0.05, 0.1) is 5.69 Å². The number of fused-ring (bicyclic) bond motifs is 1. The molecule has 0 radical (unpaired) electrons. The van der Waals surface area contributed by atoms with Crippen LogP contribution in [-0.4, -0.2) is 32.6 Å². The lowest BCUT2D eigenvalue weighted by Gasteiger charge is -2.27. The first-order valence-corrected chi connectivity index (χ1v) is 9.12. The van der Waals surface area contributed by atoms with Crippen molar-refractivity contribution in [3.05, 3.63) is 48.3 Å². The van der Waals surface area contributed by atoms with Gasteiger partial charge in [0, 0.05) is 41.8 Å². The summed E-state index contributed by atoms with van der Waals surface area (Å²) in [5.74, 6) is 0.344. The summed E-state index contributed by atoms with van der Waals surface area (Å²) in [6, 6.07) is 9.66. The van der Waals surface area contributed by atoms with E-state index < -0.39 is 5.91 Å². The van der Waals surface area contributed by atoms with Crippen LogP contribution in [0.1, 0.15) is 36.0 Å². The Morgan fingerprint density at radius 1 is 1.15 bits per heavy atom. The molecule has 0 saturated heterocycles. The highest BCUT2D eigenvalue weighted by atomic mass is 16.1. The van der Waals surface area contributed by atoms with Crippen molar-refractivity contribution in [1.82, 2.24) is 14.6 Å². The van der Waals surface area contributed by atoms with Crippen molar-refractivity contribution in [1.29, 1.82) is 0 Å². The maximum atomic E-state index is 11.2. The van der Waals surface area contributed by atoms with Crippen molar-refractivity contribution in [2.75, 3.05) is 10.6 Å². The lowest BCUT2D eigenvalue weighted by Crippen LogP contribution is -2.33. The molecular formula is C19H23N7O. The molecule has 27 heavy (non-hydrogen) atoms. The van der Waals surface area contributed by atoms with E-state index in [4.69, 9.17) is 11.5 Å². The lowest BCUT2D eigenvalue weighted by atomic mass is 9.92. The fraction of sp³-hybridized carbons (Fsp3) is 0.316. The molecule has 1 saturated carbocycles. The number of nitrogens with two attached hydrogens (primary N) is 2. The predicted octanol–water partition coefficient (Wildman–Crippen LogP) is 2.25. The summed E-state index contributed by atoms with van der Waals surface area (Å²) in [4.78, 5) is 15.6. The number of primary amides is 1. The van der Waals surface area contributed by atoms with Crippen LogP contribution in [0.4, 0.5) is 17.2 Å². The molecule has 0 aliphatic heterocycles. The van der Waals surface area contributed by atoms with Crippen LogP contribution in [0, 0.1) is 0 Å². The third-order valence-electron chi connectivity index (χ3n) is 4.93. The van der Waals surface area contributed by atoms with Crippen LogP contribution in [0.3, 0.4) is 0 Å². The zero-order valence-electron chi connectivity index (χ0n) is 14.9. The lowest BCUT2D eigenvalue weighted by molar-refractivity contribution is 0.100. The first-order valence-electron chi connectivity index (χ1n) is 9.12. The van der Waals surface area contributed by atoms with E-state index in [0.29, 0.717) is 17.6 Å². The van der Waals surface area contributed by atoms with Gasteiger partial charge in [-0.05, 0) is 49.9 Å². The molecule has 1 amide bonds. The second kappa shape index (κ2) is 7.24. The molecule has 8 nitrogen and oxygen atoms in total. The van der Waals surface area contributed by atoms with E-state index in [1.165, 1.54) is 0 Å². The summed E-state index contributed by atoms with van der Waals surface area (Å²) in [6.07, 6.45) is 7.68. The van der Waals surface area contributed by atoms with Crippen molar-refractivity contribution in [2.45, 2.75) is 37.8 Å². The summed E-state index contributed by atoms with van der Waals surface area (Å²) in [6.45, 7) is 0. The second-order valence-corrected chi connectivity index (χ2v) is 6.96. The normalized spacial score (nSPS) is 19.7. The number of benzene rings is 1. The van der Waals surface area contributed by atoms with Crippen LogP contribution < -0.4 is 22.1 Å². The molecule has 1 aliphatic rings. The molecule has 1 fully saturated rings. The second-order valence-electron chi connectivity index (χ2n) is 6.96. The molecule has 8 heteroatoms. The molecule has 0 bridgehead atoms. The molecular weight excluding hydrogens is 342 g/mol. The van der Waals surface area contributed by atoms with Gasteiger partial charge in [0.2, 0.25) is 5.91 Å². The molecule has 1 aromatic carbocycles. The third-order valence-corrected chi connectivity index (χ3v) is 4.93. The minimum absolute atomic E-state index is 0.313. The predicted molar refractivity (Wildman–Crippen MR) is 105 cm³/mol. The Morgan fingerprint density at radius 2 is 1.89 bits per heavy atom. The molecule has 3 aromatic rings. The first kappa shape index (κ1) is 17.3. The number of carbonyl (C=O) groups excluding carboxylic acids is 1. The number of carbonyl (C=O) groups is 1.